The van der Waals surface area contributed by atoms with Gasteiger partial charge >= 0.3 is 6.18 Å². The molecule has 168 valence electrons. The van der Waals surface area contributed by atoms with E-state index in [1.165, 1.54) is 36.6 Å². The van der Waals surface area contributed by atoms with Crippen LogP contribution in [0.5, 0.6) is 0 Å². The number of carbonyl (C=O) groups excluding carboxylic acids is 2. The van der Waals surface area contributed by atoms with E-state index < -0.39 is 24.0 Å². The fourth-order valence-electron chi connectivity index (χ4n) is 3.41. The third kappa shape index (κ3) is 6.00. The minimum atomic E-state index is -4.68. The highest BCUT2D eigenvalue weighted by atomic mass is 19.4. The Morgan fingerprint density at radius 3 is 2.41 bits per heavy atom. The van der Waals surface area contributed by atoms with Gasteiger partial charge in [-0.3, -0.25) is 9.59 Å². The Bertz CT molecular complexity index is 1030. The normalized spacial score (nSPS) is 12.2. The number of halogens is 3. The molecule has 1 N–H and O–H groups in total. The maximum atomic E-state index is 14.2. The van der Waals surface area contributed by atoms with Crippen molar-refractivity contribution in [1.82, 2.24) is 10.2 Å². The van der Waals surface area contributed by atoms with Gasteiger partial charge in [-0.15, -0.1) is 0 Å². The number of carbonyl (C=O) groups is 2. The average molecular weight is 444 g/mol. The van der Waals surface area contributed by atoms with Gasteiger partial charge in [0, 0.05) is 19.5 Å². The second-order valence-corrected chi connectivity index (χ2v) is 7.35. The van der Waals surface area contributed by atoms with Crippen molar-refractivity contribution in [3.63, 3.8) is 0 Å². The van der Waals surface area contributed by atoms with Crippen LogP contribution < -0.4 is 5.32 Å². The third-order valence-corrected chi connectivity index (χ3v) is 4.87. The molecule has 0 radical (unpaired) electrons. The third-order valence-electron chi connectivity index (χ3n) is 4.87. The van der Waals surface area contributed by atoms with Crippen LogP contribution in [0.1, 0.15) is 39.7 Å². The number of alkyl halides is 3. The zero-order valence-corrected chi connectivity index (χ0v) is 17.4. The number of benzene rings is 2. The van der Waals surface area contributed by atoms with E-state index in [9.17, 15) is 22.8 Å². The number of rotatable bonds is 8. The molecule has 0 aliphatic rings. The molecule has 8 heteroatoms. The summed E-state index contributed by atoms with van der Waals surface area (Å²) in [5.74, 6) is -1.20. The first-order chi connectivity index (χ1) is 15.3. The Labute approximate surface area is 183 Å². The first-order valence-electron chi connectivity index (χ1n) is 10.0. The summed E-state index contributed by atoms with van der Waals surface area (Å²) in [5.41, 5.74) is 1.22. The molecule has 1 atom stereocenters. The molecular formula is C24H23F3N2O3. The maximum Gasteiger partial charge on any atom is 0.413 e. The quantitative estimate of drug-likeness (QED) is 0.530. The fourth-order valence-corrected chi connectivity index (χ4v) is 3.41. The van der Waals surface area contributed by atoms with E-state index in [0.29, 0.717) is 11.1 Å². The van der Waals surface area contributed by atoms with Gasteiger partial charge in [0.15, 0.2) is 11.8 Å². The van der Waals surface area contributed by atoms with E-state index in [0.717, 1.165) is 4.90 Å². The Balaban J connectivity index is 1.84. The van der Waals surface area contributed by atoms with E-state index >= 15 is 0 Å². The van der Waals surface area contributed by atoms with Gasteiger partial charge in [0.1, 0.15) is 0 Å². The summed E-state index contributed by atoms with van der Waals surface area (Å²) in [6.45, 7) is 1.36. The van der Waals surface area contributed by atoms with Crippen molar-refractivity contribution in [2.45, 2.75) is 32.1 Å². The van der Waals surface area contributed by atoms with Gasteiger partial charge in [0.25, 0.3) is 5.91 Å². The molecule has 5 nitrogen and oxygen atoms in total. The SMILES string of the molecule is Cc1cccc(C(N(Cc2ccccc2)C(=O)CCNC(=O)c2ccco2)C(F)(F)F)c1. The summed E-state index contributed by atoms with van der Waals surface area (Å²) in [6.07, 6.45) is -3.65. The topological polar surface area (TPSA) is 62.6 Å². The van der Waals surface area contributed by atoms with Crippen LogP contribution in [0.2, 0.25) is 0 Å². The van der Waals surface area contributed by atoms with Crippen LogP contribution in [0.25, 0.3) is 0 Å². The molecule has 2 amide bonds. The molecular weight excluding hydrogens is 421 g/mol. The highest BCUT2D eigenvalue weighted by Crippen LogP contribution is 2.39. The van der Waals surface area contributed by atoms with Crippen LogP contribution in [-0.2, 0) is 11.3 Å². The van der Waals surface area contributed by atoms with Gasteiger partial charge in [-0.2, -0.15) is 13.2 Å². The van der Waals surface area contributed by atoms with Crippen LogP contribution in [0, 0.1) is 6.92 Å². The molecule has 1 heterocycles. The largest absolute Gasteiger partial charge is 0.459 e. The lowest BCUT2D eigenvalue weighted by molar-refractivity contribution is -0.193. The first-order valence-corrected chi connectivity index (χ1v) is 10.0. The standard InChI is InChI=1S/C24H23F3N2O3/c1-17-7-5-10-19(15-17)22(24(25,26)27)29(16-18-8-3-2-4-9-18)21(30)12-13-28-23(31)20-11-6-14-32-20/h2-11,14-15,22H,12-13,16H2,1H3,(H,28,31). The van der Waals surface area contributed by atoms with Gasteiger partial charge in [0.2, 0.25) is 5.91 Å². The summed E-state index contributed by atoms with van der Waals surface area (Å²) in [5, 5.41) is 2.50. The molecule has 1 aromatic heterocycles. The van der Waals surface area contributed by atoms with E-state index in [4.69, 9.17) is 4.42 Å². The molecule has 2 aromatic carbocycles. The lowest BCUT2D eigenvalue weighted by Crippen LogP contribution is -2.43. The number of hydrogen-bond donors (Lipinski definition) is 1. The Morgan fingerprint density at radius 1 is 1.03 bits per heavy atom. The minimum absolute atomic E-state index is 0.0126. The first kappa shape index (κ1) is 23.1. The van der Waals surface area contributed by atoms with E-state index in [1.54, 1.807) is 43.3 Å². The summed E-state index contributed by atoms with van der Waals surface area (Å²) >= 11 is 0. The summed E-state index contributed by atoms with van der Waals surface area (Å²) in [4.78, 5) is 25.8. The van der Waals surface area contributed by atoms with E-state index in [2.05, 4.69) is 5.32 Å². The Kier molecular flexibility index (Phi) is 7.35. The summed E-state index contributed by atoms with van der Waals surface area (Å²) in [7, 11) is 0. The van der Waals surface area contributed by atoms with Crippen molar-refractivity contribution in [3.05, 3.63) is 95.4 Å². The van der Waals surface area contributed by atoms with Crippen LogP contribution in [0.3, 0.4) is 0 Å². The number of hydrogen-bond acceptors (Lipinski definition) is 3. The van der Waals surface area contributed by atoms with Crippen molar-refractivity contribution in [2.75, 3.05) is 6.54 Å². The zero-order valence-electron chi connectivity index (χ0n) is 17.4. The zero-order chi connectivity index (χ0) is 23.1. The van der Waals surface area contributed by atoms with Gasteiger partial charge in [-0.05, 0) is 30.2 Å². The lowest BCUT2D eigenvalue weighted by Gasteiger charge is -2.34. The van der Waals surface area contributed by atoms with Crippen molar-refractivity contribution in [3.8, 4) is 0 Å². The number of nitrogens with zero attached hydrogens (tertiary/aromatic N) is 1. The average Bonchev–Trinajstić information content (AvgIpc) is 3.28. The molecule has 1 unspecified atom stereocenters. The van der Waals surface area contributed by atoms with Crippen LogP contribution >= 0.6 is 0 Å². The molecule has 32 heavy (non-hydrogen) atoms. The molecule has 3 aromatic rings. The number of furan rings is 1. The van der Waals surface area contributed by atoms with Gasteiger partial charge < -0.3 is 14.6 Å². The summed E-state index contributed by atoms with van der Waals surface area (Å²) < 4.78 is 47.6. The van der Waals surface area contributed by atoms with Crippen molar-refractivity contribution in [1.29, 1.82) is 0 Å². The lowest BCUT2D eigenvalue weighted by atomic mass is 10.0. The summed E-state index contributed by atoms with van der Waals surface area (Å²) in [6, 6.07) is 15.4. The molecule has 0 aliphatic heterocycles. The van der Waals surface area contributed by atoms with E-state index in [1.807, 2.05) is 0 Å². The van der Waals surface area contributed by atoms with Gasteiger partial charge in [0.05, 0.1) is 6.26 Å². The predicted molar refractivity (Wildman–Crippen MR) is 113 cm³/mol. The van der Waals surface area contributed by atoms with Crippen LogP contribution in [-0.4, -0.2) is 29.4 Å². The molecule has 0 spiro atoms. The Morgan fingerprint density at radius 2 is 1.78 bits per heavy atom. The van der Waals surface area contributed by atoms with Crippen molar-refractivity contribution >= 4 is 11.8 Å². The minimum Gasteiger partial charge on any atom is -0.459 e. The highest BCUT2D eigenvalue weighted by molar-refractivity contribution is 5.91. The molecule has 0 aliphatic carbocycles. The molecule has 3 rings (SSSR count). The molecule has 0 fully saturated rings. The highest BCUT2D eigenvalue weighted by Gasteiger charge is 2.46. The Hall–Kier alpha value is -3.55. The fraction of sp³-hybridized carbons (Fsp3) is 0.250. The van der Waals surface area contributed by atoms with E-state index in [-0.39, 0.29) is 30.8 Å². The smallest absolute Gasteiger partial charge is 0.413 e. The number of amides is 2. The van der Waals surface area contributed by atoms with Gasteiger partial charge in [-0.25, -0.2) is 0 Å². The van der Waals surface area contributed by atoms with Gasteiger partial charge in [-0.1, -0.05) is 60.2 Å². The predicted octanol–water partition coefficient (Wildman–Crippen LogP) is 5.04. The van der Waals surface area contributed by atoms with Crippen LogP contribution in [0.4, 0.5) is 13.2 Å². The number of nitrogens with one attached hydrogen (secondary N) is 1. The molecule has 0 saturated heterocycles. The number of aryl methyl sites for hydroxylation is 1. The van der Waals surface area contributed by atoms with Crippen molar-refractivity contribution in [2.24, 2.45) is 0 Å². The second kappa shape index (κ2) is 10.2. The monoisotopic (exact) mass is 444 g/mol. The molecule has 0 bridgehead atoms. The molecule has 0 saturated carbocycles. The van der Waals surface area contributed by atoms with Crippen molar-refractivity contribution < 1.29 is 27.2 Å². The van der Waals surface area contributed by atoms with Crippen LogP contribution in [0.15, 0.2) is 77.4 Å². The second-order valence-electron chi connectivity index (χ2n) is 7.35. The maximum absolute atomic E-state index is 14.2.